The molecule has 1 rings (SSSR count). The molecule has 0 aliphatic rings. The molecule has 152 valence electrons. The van der Waals surface area contributed by atoms with Crippen molar-refractivity contribution in [3.63, 3.8) is 0 Å². The number of carbonyl (C=O) groups excluding carboxylic acids is 1. The largest absolute Gasteiger partial charge is 0.493 e. The van der Waals surface area contributed by atoms with E-state index in [2.05, 4.69) is 0 Å². The first-order valence-electron chi connectivity index (χ1n) is 8.42. The Morgan fingerprint density at radius 3 is 2.07 bits per heavy atom. The lowest BCUT2D eigenvalue weighted by atomic mass is 9.91. The van der Waals surface area contributed by atoms with Crippen LogP contribution in [0.4, 0.5) is 4.79 Å². The average Bonchev–Trinajstić information content (AvgIpc) is 2.57. The number of hydrogen-bond donors (Lipinski definition) is 1. The Labute approximate surface area is 160 Å². The molecule has 27 heavy (non-hydrogen) atoms. The average molecular weight is 383 g/mol. The van der Waals surface area contributed by atoms with Crippen LogP contribution in [0.1, 0.15) is 33.3 Å². The van der Waals surface area contributed by atoms with Gasteiger partial charge in [0.2, 0.25) is 0 Å². The minimum absolute atomic E-state index is 0.0191. The lowest BCUT2D eigenvalue weighted by Crippen LogP contribution is -2.58. The van der Waals surface area contributed by atoms with Crippen LogP contribution in [0.2, 0.25) is 0 Å². The van der Waals surface area contributed by atoms with Gasteiger partial charge in [-0.2, -0.15) is 0 Å². The molecule has 1 aromatic carbocycles. The van der Waals surface area contributed by atoms with Crippen molar-refractivity contribution in [2.45, 2.75) is 45.3 Å². The van der Waals surface area contributed by atoms with Gasteiger partial charge in [0.05, 0.1) is 14.2 Å². The summed E-state index contributed by atoms with van der Waals surface area (Å²) in [6.07, 6.45) is -0.750. The first kappa shape index (κ1) is 22.6. The normalized spacial score (nSPS) is 13.4. The second kappa shape index (κ2) is 8.94. The summed E-state index contributed by atoms with van der Waals surface area (Å²) in [4.78, 5) is 25.8. The molecule has 0 heterocycles. The van der Waals surface area contributed by atoms with E-state index in [4.69, 9.17) is 18.9 Å². The second-order valence-electron chi connectivity index (χ2n) is 7.27. The van der Waals surface area contributed by atoms with E-state index in [0.29, 0.717) is 17.1 Å². The number of amides is 1. The van der Waals surface area contributed by atoms with Gasteiger partial charge in [-0.05, 0) is 45.4 Å². The zero-order valence-corrected chi connectivity index (χ0v) is 17.0. The van der Waals surface area contributed by atoms with Crippen molar-refractivity contribution in [2.24, 2.45) is 0 Å². The number of carboxylic acid groups (broad SMARTS) is 1. The summed E-state index contributed by atoms with van der Waals surface area (Å²) >= 11 is 0. The van der Waals surface area contributed by atoms with E-state index in [1.807, 2.05) is 0 Å². The van der Waals surface area contributed by atoms with E-state index >= 15 is 0 Å². The number of ether oxygens (including phenoxy) is 4. The minimum atomic E-state index is -1.60. The molecule has 0 aromatic heterocycles. The van der Waals surface area contributed by atoms with E-state index in [1.165, 1.54) is 28.3 Å². The Kier molecular flexibility index (Phi) is 7.47. The number of aliphatic carboxylic acids is 1. The van der Waals surface area contributed by atoms with Gasteiger partial charge in [0, 0.05) is 13.5 Å². The summed E-state index contributed by atoms with van der Waals surface area (Å²) in [6.45, 7) is 6.35. The van der Waals surface area contributed by atoms with Gasteiger partial charge in [-0.25, -0.2) is 9.59 Å². The molecular formula is C19H29NO7. The van der Waals surface area contributed by atoms with Crippen molar-refractivity contribution in [1.82, 2.24) is 4.90 Å². The van der Waals surface area contributed by atoms with Gasteiger partial charge in [-0.1, -0.05) is 6.07 Å². The van der Waals surface area contributed by atoms with Crippen molar-refractivity contribution < 1.29 is 33.6 Å². The molecule has 1 N–H and O–H groups in total. The van der Waals surface area contributed by atoms with E-state index in [9.17, 15) is 14.7 Å². The Morgan fingerprint density at radius 2 is 1.63 bits per heavy atom. The summed E-state index contributed by atoms with van der Waals surface area (Å²) in [5, 5.41) is 9.90. The van der Waals surface area contributed by atoms with Gasteiger partial charge < -0.3 is 24.1 Å². The fourth-order valence-electron chi connectivity index (χ4n) is 2.52. The second-order valence-corrected chi connectivity index (χ2v) is 7.27. The summed E-state index contributed by atoms with van der Waals surface area (Å²) in [6, 6.07) is 5.09. The van der Waals surface area contributed by atoms with Crippen LogP contribution in [0.15, 0.2) is 18.2 Å². The molecule has 0 spiro atoms. The van der Waals surface area contributed by atoms with Gasteiger partial charge in [-0.15, -0.1) is 0 Å². The summed E-state index contributed by atoms with van der Waals surface area (Å²) in [7, 11) is 4.40. The molecule has 1 atom stereocenters. The third-order valence-electron chi connectivity index (χ3n) is 3.92. The van der Waals surface area contributed by atoms with Gasteiger partial charge in [0.1, 0.15) is 17.9 Å². The van der Waals surface area contributed by atoms with E-state index < -0.39 is 23.2 Å². The van der Waals surface area contributed by atoms with E-state index in [0.717, 1.165) is 4.90 Å². The van der Waals surface area contributed by atoms with Crippen LogP contribution in [0.5, 0.6) is 11.5 Å². The Morgan fingerprint density at radius 1 is 1.04 bits per heavy atom. The van der Waals surface area contributed by atoms with Gasteiger partial charge in [0.25, 0.3) is 0 Å². The summed E-state index contributed by atoms with van der Waals surface area (Å²) in [5.74, 6) is -0.183. The maximum absolute atomic E-state index is 12.6. The molecule has 0 radical (unpaired) electrons. The molecule has 0 saturated carbocycles. The first-order chi connectivity index (χ1) is 12.5. The van der Waals surface area contributed by atoms with Crippen molar-refractivity contribution in [3.05, 3.63) is 23.8 Å². The number of nitrogens with zero attached hydrogens (tertiary/aromatic N) is 1. The first-order valence-corrected chi connectivity index (χ1v) is 8.42. The molecule has 0 fully saturated rings. The van der Waals surface area contributed by atoms with Crippen molar-refractivity contribution >= 4 is 12.1 Å². The van der Waals surface area contributed by atoms with Gasteiger partial charge in [0.15, 0.2) is 11.5 Å². The maximum Gasteiger partial charge on any atom is 0.413 e. The van der Waals surface area contributed by atoms with E-state index in [1.54, 1.807) is 39.0 Å². The highest BCUT2D eigenvalue weighted by molar-refractivity contribution is 5.84. The highest BCUT2D eigenvalue weighted by atomic mass is 16.6. The molecule has 1 aromatic rings. The number of methoxy groups -OCH3 is 3. The molecule has 8 nitrogen and oxygen atoms in total. The smallest absolute Gasteiger partial charge is 0.413 e. The van der Waals surface area contributed by atoms with Crippen LogP contribution in [-0.4, -0.2) is 61.3 Å². The van der Waals surface area contributed by atoms with Crippen LogP contribution in [0.25, 0.3) is 0 Å². The SMILES string of the molecule is COCN(C(=O)OC(C)(C)C)[C@@](C)(Cc1ccc(OC)c(OC)c1)C(=O)O. The van der Waals surface area contributed by atoms with E-state index in [-0.39, 0.29) is 13.2 Å². The topological polar surface area (TPSA) is 94.5 Å². The lowest BCUT2D eigenvalue weighted by molar-refractivity contribution is -0.153. The number of carboxylic acids is 1. The quantitative estimate of drug-likeness (QED) is 0.690. The monoisotopic (exact) mass is 383 g/mol. The molecule has 8 heteroatoms. The van der Waals surface area contributed by atoms with Crippen molar-refractivity contribution in [1.29, 1.82) is 0 Å². The standard InChI is InChI=1S/C19H29NO7/c1-18(2,3)27-17(23)20(12-24-5)19(4,16(21)22)11-13-8-9-14(25-6)15(10-13)26-7/h8-10H,11-12H2,1-7H3,(H,21,22)/t19-/m0/s1. The van der Waals surface area contributed by atoms with Crippen LogP contribution < -0.4 is 9.47 Å². The maximum atomic E-state index is 12.6. The molecule has 0 bridgehead atoms. The predicted molar refractivity (Wildman–Crippen MR) is 99.2 cm³/mol. The number of hydrogen-bond acceptors (Lipinski definition) is 6. The number of benzene rings is 1. The van der Waals surface area contributed by atoms with Crippen LogP contribution in [0.3, 0.4) is 0 Å². The molecule has 0 aliphatic heterocycles. The number of carbonyl (C=O) groups is 2. The lowest BCUT2D eigenvalue weighted by Gasteiger charge is -2.38. The highest BCUT2D eigenvalue weighted by Gasteiger charge is 2.44. The Hall–Kier alpha value is -2.48. The fraction of sp³-hybridized carbons (Fsp3) is 0.579. The minimum Gasteiger partial charge on any atom is -0.493 e. The Bertz CT molecular complexity index is 669. The fourth-order valence-corrected chi connectivity index (χ4v) is 2.52. The molecule has 1 amide bonds. The van der Waals surface area contributed by atoms with Crippen LogP contribution in [-0.2, 0) is 20.7 Å². The summed E-state index contributed by atoms with van der Waals surface area (Å²) in [5.41, 5.74) is -1.72. The molecular weight excluding hydrogens is 354 g/mol. The third-order valence-corrected chi connectivity index (χ3v) is 3.92. The number of rotatable bonds is 8. The molecule has 0 unspecified atom stereocenters. The van der Waals surface area contributed by atoms with Crippen molar-refractivity contribution in [3.8, 4) is 11.5 Å². The van der Waals surface area contributed by atoms with Crippen LogP contribution >= 0.6 is 0 Å². The zero-order chi connectivity index (χ0) is 20.8. The summed E-state index contributed by atoms with van der Waals surface area (Å²) < 4.78 is 20.9. The van der Waals surface area contributed by atoms with Gasteiger partial charge in [-0.3, -0.25) is 4.90 Å². The predicted octanol–water partition coefficient (Wildman–Crippen LogP) is 2.93. The Balaban J connectivity index is 3.28. The zero-order valence-electron chi connectivity index (χ0n) is 17.0. The molecule has 0 saturated heterocycles. The molecule has 0 aliphatic carbocycles. The highest BCUT2D eigenvalue weighted by Crippen LogP contribution is 2.31. The van der Waals surface area contributed by atoms with Gasteiger partial charge >= 0.3 is 12.1 Å². The van der Waals surface area contributed by atoms with Crippen molar-refractivity contribution in [2.75, 3.05) is 28.1 Å². The van der Waals surface area contributed by atoms with Crippen LogP contribution in [0, 0.1) is 0 Å². The third kappa shape index (κ3) is 5.75.